The van der Waals surface area contributed by atoms with Crippen molar-refractivity contribution in [2.45, 2.75) is 31.7 Å². The van der Waals surface area contributed by atoms with Crippen molar-refractivity contribution in [2.75, 3.05) is 7.11 Å². The number of aromatic hydroxyl groups is 3. The molecule has 0 saturated heterocycles. The van der Waals surface area contributed by atoms with E-state index in [1.165, 1.54) is 19.2 Å². The first-order valence-corrected chi connectivity index (χ1v) is 10.9. The van der Waals surface area contributed by atoms with Gasteiger partial charge in [0.1, 0.15) is 16.9 Å². The van der Waals surface area contributed by atoms with E-state index in [9.17, 15) is 34.8 Å². The first-order chi connectivity index (χ1) is 17.0. The molecule has 0 fully saturated rings. The maximum absolute atomic E-state index is 13.3. The summed E-state index contributed by atoms with van der Waals surface area (Å²) in [5.74, 6) is -5.78. The maximum Gasteiger partial charge on any atom is 0.347 e. The van der Waals surface area contributed by atoms with Gasteiger partial charge in [0.05, 0.1) is 42.8 Å². The van der Waals surface area contributed by atoms with E-state index in [1.54, 1.807) is 6.92 Å². The van der Waals surface area contributed by atoms with Gasteiger partial charge in [-0.3, -0.25) is 9.59 Å². The number of allylic oxidation sites excluding steroid dienone is 1. The molecule has 11 heteroatoms. The minimum atomic E-state index is -1.78. The number of carbonyl (C=O) groups excluding carboxylic acids is 2. The normalized spacial score (nSPS) is 22.2. The van der Waals surface area contributed by atoms with Gasteiger partial charge in [0, 0.05) is 11.6 Å². The Morgan fingerprint density at radius 1 is 1.00 bits per heavy atom. The number of hydrogen-bond acceptors (Lipinski definition) is 11. The van der Waals surface area contributed by atoms with E-state index >= 15 is 0 Å². The van der Waals surface area contributed by atoms with Gasteiger partial charge in [0.15, 0.2) is 34.5 Å². The number of methoxy groups -OCH3 is 1. The molecular formula is C25H18O11. The average Bonchev–Trinajstić information content (AvgIpc) is 3.18. The highest BCUT2D eigenvalue weighted by Gasteiger charge is 2.55. The Morgan fingerprint density at radius 3 is 2.47 bits per heavy atom. The van der Waals surface area contributed by atoms with Crippen molar-refractivity contribution < 1.29 is 48.6 Å². The lowest BCUT2D eigenvalue weighted by Gasteiger charge is -2.37. The maximum atomic E-state index is 13.3. The summed E-state index contributed by atoms with van der Waals surface area (Å²) in [5.41, 5.74) is -1.64. The van der Waals surface area contributed by atoms with E-state index < -0.39 is 63.2 Å². The Hall–Kier alpha value is -4.51. The Balaban J connectivity index is 1.45. The van der Waals surface area contributed by atoms with Crippen LogP contribution in [0.5, 0.6) is 28.7 Å². The molecule has 3 aliphatic rings. The number of phenolic OH excluding ortho intramolecular Hbond substituents is 3. The van der Waals surface area contributed by atoms with Crippen LogP contribution in [0.25, 0.3) is 10.8 Å². The molecule has 0 amide bonds. The Kier molecular flexibility index (Phi) is 4.28. The summed E-state index contributed by atoms with van der Waals surface area (Å²) < 4.78 is 21.8. The minimum Gasteiger partial charge on any atom is -0.507 e. The predicted octanol–water partition coefficient (Wildman–Crippen LogP) is 2.49. The fourth-order valence-corrected chi connectivity index (χ4v) is 5.13. The summed E-state index contributed by atoms with van der Waals surface area (Å²) in [6.45, 7) is 1.57. The Labute approximate surface area is 201 Å². The van der Waals surface area contributed by atoms with Gasteiger partial charge in [0.25, 0.3) is 5.79 Å². The molecule has 6 rings (SSSR count). The lowest BCUT2D eigenvalue weighted by molar-refractivity contribution is -0.170. The van der Waals surface area contributed by atoms with Crippen molar-refractivity contribution in [3.05, 3.63) is 62.4 Å². The highest BCUT2D eigenvalue weighted by molar-refractivity contribution is 6.28. The van der Waals surface area contributed by atoms with Crippen molar-refractivity contribution in [3.63, 3.8) is 0 Å². The zero-order valence-electron chi connectivity index (χ0n) is 18.9. The molecule has 36 heavy (non-hydrogen) atoms. The summed E-state index contributed by atoms with van der Waals surface area (Å²) >= 11 is 0. The second-order valence-corrected chi connectivity index (χ2v) is 8.93. The van der Waals surface area contributed by atoms with E-state index in [-0.39, 0.29) is 40.9 Å². The third kappa shape index (κ3) is 2.74. The molecule has 1 aromatic heterocycles. The molecule has 4 N–H and O–H groups in total. The summed E-state index contributed by atoms with van der Waals surface area (Å²) in [5, 5.41) is 42.9. The molecule has 2 aliphatic heterocycles. The molecule has 11 nitrogen and oxygen atoms in total. The van der Waals surface area contributed by atoms with Crippen molar-refractivity contribution >= 4 is 22.3 Å². The van der Waals surface area contributed by atoms with E-state index in [1.807, 2.05) is 0 Å². The molecule has 0 saturated carbocycles. The smallest absolute Gasteiger partial charge is 0.347 e. The SMILES string of the molecule is COc1cc(O)c2c(c1O)C(=O)C1=C(CC3(CC(O)c4cc5cc(C)oc(=O)c5c(O)c4O3)O1)C2=O. The second kappa shape index (κ2) is 7.01. The molecule has 184 valence electrons. The van der Waals surface area contributed by atoms with E-state index in [0.29, 0.717) is 11.1 Å². The Morgan fingerprint density at radius 2 is 1.75 bits per heavy atom. The van der Waals surface area contributed by atoms with Crippen LogP contribution in [-0.2, 0) is 4.74 Å². The zero-order chi connectivity index (χ0) is 25.7. The van der Waals surface area contributed by atoms with Gasteiger partial charge in [-0.05, 0) is 24.4 Å². The number of ether oxygens (including phenoxy) is 3. The average molecular weight is 494 g/mol. The quantitative estimate of drug-likeness (QED) is 0.366. The largest absolute Gasteiger partial charge is 0.507 e. The highest BCUT2D eigenvalue weighted by atomic mass is 16.7. The molecule has 2 unspecified atom stereocenters. The third-order valence-corrected chi connectivity index (χ3v) is 6.69. The Bertz CT molecular complexity index is 1640. The number of aliphatic hydroxyl groups is 1. The van der Waals surface area contributed by atoms with Crippen molar-refractivity contribution in [3.8, 4) is 28.7 Å². The van der Waals surface area contributed by atoms with Crippen LogP contribution >= 0.6 is 0 Å². The molecule has 0 radical (unpaired) electrons. The zero-order valence-corrected chi connectivity index (χ0v) is 18.9. The number of Topliss-reactive ketones (excluding diaryl/α,β-unsaturated/α-hetero) is 2. The number of rotatable bonds is 1. The molecule has 1 aliphatic carbocycles. The van der Waals surface area contributed by atoms with Gasteiger partial charge >= 0.3 is 5.63 Å². The minimum absolute atomic E-state index is 0.126. The van der Waals surface area contributed by atoms with Crippen LogP contribution in [0.15, 0.2) is 38.7 Å². The van der Waals surface area contributed by atoms with Crippen LogP contribution in [0, 0.1) is 6.92 Å². The summed E-state index contributed by atoms with van der Waals surface area (Å²) in [4.78, 5) is 38.9. The van der Waals surface area contributed by atoms with Gasteiger partial charge in [-0.2, -0.15) is 0 Å². The van der Waals surface area contributed by atoms with E-state index in [2.05, 4.69) is 0 Å². The van der Waals surface area contributed by atoms with Crippen LogP contribution in [-0.4, -0.2) is 44.9 Å². The van der Waals surface area contributed by atoms with Crippen LogP contribution in [0.4, 0.5) is 0 Å². The lowest BCUT2D eigenvalue weighted by atomic mass is 9.84. The van der Waals surface area contributed by atoms with Crippen LogP contribution in [0.1, 0.15) is 51.0 Å². The predicted molar refractivity (Wildman–Crippen MR) is 120 cm³/mol. The van der Waals surface area contributed by atoms with Gasteiger partial charge in [-0.25, -0.2) is 4.79 Å². The standard InChI is InChI=1S/C25H18O11/c1-8-3-9-4-10-13(27)7-25(35-22(10)20(30)15(9)24(32)34-8)6-11-18(28)16-12(26)5-14(33-2)19(29)17(16)21(31)23(11)36-25/h3-5,13,26-27,29-30H,6-7H2,1-2H3. The third-order valence-electron chi connectivity index (χ3n) is 6.69. The number of benzene rings is 2. The molecule has 2 atom stereocenters. The molecular weight excluding hydrogens is 476 g/mol. The number of aryl methyl sites for hydroxylation is 1. The number of carbonyl (C=O) groups is 2. The molecule has 2 aromatic carbocycles. The second-order valence-electron chi connectivity index (χ2n) is 8.93. The molecule has 0 bridgehead atoms. The summed E-state index contributed by atoms with van der Waals surface area (Å²) in [6.07, 6.45) is -1.79. The molecule has 3 aromatic rings. The van der Waals surface area contributed by atoms with Crippen molar-refractivity contribution in [2.24, 2.45) is 0 Å². The number of phenols is 3. The summed E-state index contributed by atoms with van der Waals surface area (Å²) in [6, 6.07) is 4.04. The van der Waals surface area contributed by atoms with Crippen LogP contribution < -0.4 is 15.1 Å². The van der Waals surface area contributed by atoms with Crippen molar-refractivity contribution in [1.29, 1.82) is 0 Å². The van der Waals surface area contributed by atoms with E-state index in [4.69, 9.17) is 18.6 Å². The topological polar surface area (TPSA) is 173 Å². The van der Waals surface area contributed by atoms with Crippen LogP contribution in [0.2, 0.25) is 0 Å². The van der Waals surface area contributed by atoms with Crippen molar-refractivity contribution in [1.82, 2.24) is 0 Å². The fraction of sp³-hybridized carbons (Fsp3) is 0.240. The first-order valence-electron chi connectivity index (χ1n) is 10.9. The van der Waals surface area contributed by atoms with E-state index in [0.717, 1.165) is 6.07 Å². The number of ketones is 2. The highest BCUT2D eigenvalue weighted by Crippen LogP contribution is 2.54. The number of hydrogen-bond donors (Lipinski definition) is 4. The van der Waals surface area contributed by atoms with Gasteiger partial charge in [-0.15, -0.1) is 0 Å². The summed E-state index contributed by atoms with van der Waals surface area (Å²) in [7, 11) is 1.22. The van der Waals surface area contributed by atoms with Gasteiger partial charge in [0.2, 0.25) is 5.78 Å². The fourth-order valence-electron chi connectivity index (χ4n) is 5.13. The number of aliphatic hydroxyl groups excluding tert-OH is 1. The van der Waals surface area contributed by atoms with Gasteiger partial charge in [-0.1, -0.05) is 0 Å². The van der Waals surface area contributed by atoms with Gasteiger partial charge < -0.3 is 39.1 Å². The molecule has 1 spiro atoms. The molecule has 3 heterocycles. The van der Waals surface area contributed by atoms with Crippen LogP contribution in [0.3, 0.4) is 0 Å². The monoisotopic (exact) mass is 494 g/mol. The number of fused-ring (bicyclic) bond motifs is 3. The first kappa shape index (κ1) is 22.0. The lowest BCUT2D eigenvalue weighted by Crippen LogP contribution is -2.41.